The Kier molecular flexibility index (Phi) is 10.4. The summed E-state index contributed by atoms with van der Waals surface area (Å²) in [6, 6.07) is 10.6. The molecule has 2 aromatic rings. The van der Waals surface area contributed by atoms with Gasteiger partial charge < -0.3 is 14.4 Å². The van der Waals surface area contributed by atoms with E-state index in [1.54, 1.807) is 32.5 Å². The molecular formula is C26H36N4O6S. The molecule has 1 aliphatic rings. The second-order valence-electron chi connectivity index (χ2n) is 9.94. The third-order valence-electron chi connectivity index (χ3n) is 5.87. The van der Waals surface area contributed by atoms with E-state index in [4.69, 9.17) is 14.7 Å². The van der Waals surface area contributed by atoms with Gasteiger partial charge in [-0.2, -0.15) is 5.10 Å². The van der Waals surface area contributed by atoms with E-state index in [0.717, 1.165) is 36.9 Å². The summed E-state index contributed by atoms with van der Waals surface area (Å²) in [7, 11) is 0. The molecule has 0 spiro atoms. The van der Waals surface area contributed by atoms with Crippen LogP contribution >= 0.6 is 11.8 Å². The number of nitrogens with zero attached hydrogens (tertiary/aromatic N) is 4. The number of ether oxygens (including phenoxy) is 1. The van der Waals surface area contributed by atoms with Crippen molar-refractivity contribution < 1.29 is 24.3 Å². The highest BCUT2D eigenvalue weighted by molar-refractivity contribution is 7.98. The van der Waals surface area contributed by atoms with Crippen molar-refractivity contribution >= 4 is 23.4 Å². The molecule has 1 aromatic heterocycles. The van der Waals surface area contributed by atoms with Gasteiger partial charge in [-0.3, -0.25) is 4.68 Å². The number of rotatable bonds is 12. The molecule has 202 valence electrons. The van der Waals surface area contributed by atoms with Crippen LogP contribution in [0.4, 0.5) is 0 Å². The minimum atomic E-state index is -0.816. The highest BCUT2D eigenvalue weighted by atomic mass is 32.2. The first-order chi connectivity index (χ1) is 17.7. The maximum atomic E-state index is 12.1. The van der Waals surface area contributed by atoms with Gasteiger partial charge in [0, 0.05) is 4.90 Å². The molecule has 1 fully saturated rings. The topological polar surface area (TPSA) is 118 Å². The number of hydrogen-bond donors (Lipinski definition) is 0. The molecule has 37 heavy (non-hydrogen) atoms. The fourth-order valence-corrected chi connectivity index (χ4v) is 4.66. The summed E-state index contributed by atoms with van der Waals surface area (Å²) in [6.45, 7) is 4.91. The van der Waals surface area contributed by atoms with Crippen molar-refractivity contribution in [3.8, 4) is 11.3 Å². The Balaban J connectivity index is 1.89. The van der Waals surface area contributed by atoms with Crippen molar-refractivity contribution in [2.24, 2.45) is 5.16 Å². The van der Waals surface area contributed by atoms with Gasteiger partial charge in [-0.05, 0) is 76.5 Å². The van der Waals surface area contributed by atoms with E-state index >= 15 is 0 Å². The Labute approximate surface area is 221 Å². The van der Waals surface area contributed by atoms with Gasteiger partial charge >= 0.3 is 5.97 Å². The van der Waals surface area contributed by atoms with Crippen LogP contribution in [-0.2, 0) is 19.2 Å². The van der Waals surface area contributed by atoms with Gasteiger partial charge in [0.05, 0.1) is 18.3 Å². The predicted octanol–water partition coefficient (Wildman–Crippen LogP) is 5.83. The zero-order valence-electron chi connectivity index (χ0n) is 22.0. The number of oxime groups is 1. The Morgan fingerprint density at radius 2 is 1.92 bits per heavy atom. The van der Waals surface area contributed by atoms with E-state index < -0.39 is 16.7 Å². The zero-order chi connectivity index (χ0) is 26.8. The molecule has 0 bridgehead atoms. The maximum Gasteiger partial charge on any atom is 0.347 e. The van der Waals surface area contributed by atoms with Crippen LogP contribution in [0.15, 0.2) is 40.4 Å². The predicted molar refractivity (Wildman–Crippen MR) is 142 cm³/mol. The number of aromatic nitrogens is 2. The average Bonchev–Trinajstić information content (AvgIpc) is 3.30. The summed E-state index contributed by atoms with van der Waals surface area (Å²) >= 11 is 1.69. The van der Waals surface area contributed by atoms with Crippen LogP contribution in [-0.4, -0.2) is 51.6 Å². The normalized spacial score (nSPS) is 14.9. The average molecular weight is 533 g/mol. The standard InChI is InChI=1S/C26H36N4O6S/c1-26(2,3)36-25(31)18-34-28-22(11-8-16-35-30(32)33)23-17-24(19-12-14-21(37-4)15-13-19)29(27-23)20-9-6-5-7-10-20/h12-15,17,20H,5-11,16,18H2,1-4H3/b28-22+. The van der Waals surface area contributed by atoms with Crippen molar-refractivity contribution in [3.05, 3.63) is 46.1 Å². The second-order valence-corrected chi connectivity index (χ2v) is 10.8. The number of esters is 1. The smallest absolute Gasteiger partial charge is 0.347 e. The van der Waals surface area contributed by atoms with Crippen LogP contribution in [0, 0.1) is 10.1 Å². The fraction of sp³-hybridized carbons (Fsp3) is 0.577. The molecule has 0 saturated heterocycles. The molecule has 1 aromatic carbocycles. The van der Waals surface area contributed by atoms with Gasteiger partial charge in [-0.1, -0.05) is 36.6 Å². The summed E-state index contributed by atoms with van der Waals surface area (Å²) in [6.07, 6.45) is 8.35. The highest BCUT2D eigenvalue weighted by Gasteiger charge is 2.23. The largest absolute Gasteiger partial charge is 0.457 e. The quantitative estimate of drug-likeness (QED) is 0.0837. The summed E-state index contributed by atoms with van der Waals surface area (Å²) in [5, 5.41) is 18.9. The molecule has 1 aliphatic carbocycles. The Hall–Kier alpha value is -3.08. The van der Waals surface area contributed by atoms with Crippen LogP contribution in [0.2, 0.25) is 0 Å². The molecule has 0 atom stereocenters. The van der Waals surface area contributed by atoms with Crippen molar-refractivity contribution in [2.75, 3.05) is 19.5 Å². The first-order valence-corrected chi connectivity index (χ1v) is 13.8. The van der Waals surface area contributed by atoms with Crippen molar-refractivity contribution in [1.82, 2.24) is 9.78 Å². The van der Waals surface area contributed by atoms with E-state index in [1.807, 2.05) is 12.3 Å². The molecule has 1 heterocycles. The van der Waals surface area contributed by atoms with Gasteiger partial charge in [-0.15, -0.1) is 21.9 Å². The Morgan fingerprint density at radius 3 is 2.54 bits per heavy atom. The lowest BCUT2D eigenvalue weighted by atomic mass is 9.95. The lowest BCUT2D eigenvalue weighted by Crippen LogP contribution is -2.26. The minimum Gasteiger partial charge on any atom is -0.457 e. The van der Waals surface area contributed by atoms with Gasteiger partial charge in [0.25, 0.3) is 5.09 Å². The Morgan fingerprint density at radius 1 is 1.22 bits per heavy atom. The maximum absolute atomic E-state index is 12.1. The summed E-state index contributed by atoms with van der Waals surface area (Å²) < 4.78 is 7.36. The number of carbonyl (C=O) groups excluding carboxylic acids is 1. The molecule has 10 nitrogen and oxygen atoms in total. The monoisotopic (exact) mass is 532 g/mol. The van der Waals surface area contributed by atoms with Crippen molar-refractivity contribution in [3.63, 3.8) is 0 Å². The van der Waals surface area contributed by atoms with Crippen LogP contribution in [0.25, 0.3) is 11.3 Å². The summed E-state index contributed by atoms with van der Waals surface area (Å²) in [5.74, 6) is -0.533. The molecule has 0 aliphatic heterocycles. The van der Waals surface area contributed by atoms with Crippen LogP contribution in [0.5, 0.6) is 0 Å². The van der Waals surface area contributed by atoms with E-state index in [9.17, 15) is 14.9 Å². The van der Waals surface area contributed by atoms with Crippen LogP contribution in [0.1, 0.15) is 77.5 Å². The first kappa shape index (κ1) is 28.5. The lowest BCUT2D eigenvalue weighted by molar-refractivity contribution is -0.757. The molecule has 0 unspecified atom stereocenters. The highest BCUT2D eigenvalue weighted by Crippen LogP contribution is 2.33. The second kappa shape index (κ2) is 13.5. The van der Waals surface area contributed by atoms with E-state index in [-0.39, 0.29) is 19.3 Å². The van der Waals surface area contributed by atoms with Crippen LogP contribution in [0.3, 0.4) is 0 Å². The van der Waals surface area contributed by atoms with Gasteiger partial charge in [0.2, 0.25) is 6.61 Å². The summed E-state index contributed by atoms with van der Waals surface area (Å²) in [4.78, 5) is 33.6. The SMILES string of the molecule is CSc1ccc(-c2cc(/C(CCCO[N+](=O)[O-])=N/OCC(=O)OC(C)(C)C)nn2C2CCCCC2)cc1. The number of benzene rings is 1. The molecule has 3 rings (SSSR count). The molecule has 11 heteroatoms. The van der Waals surface area contributed by atoms with E-state index in [0.29, 0.717) is 24.2 Å². The van der Waals surface area contributed by atoms with Gasteiger partial charge in [-0.25, -0.2) is 4.79 Å². The Bertz CT molecular complexity index is 1070. The van der Waals surface area contributed by atoms with Gasteiger partial charge in [0.1, 0.15) is 17.0 Å². The van der Waals surface area contributed by atoms with Crippen molar-refractivity contribution in [2.45, 2.75) is 82.3 Å². The third kappa shape index (κ3) is 9.07. The number of thioether (sulfide) groups is 1. The molecular weight excluding hydrogens is 496 g/mol. The van der Waals surface area contributed by atoms with Gasteiger partial charge in [0.15, 0.2) is 0 Å². The van der Waals surface area contributed by atoms with E-state index in [2.05, 4.69) is 38.9 Å². The number of hydrogen-bond acceptors (Lipinski definition) is 9. The molecule has 0 radical (unpaired) electrons. The molecule has 0 amide bonds. The fourth-order valence-electron chi connectivity index (χ4n) is 4.25. The zero-order valence-corrected chi connectivity index (χ0v) is 22.8. The third-order valence-corrected chi connectivity index (χ3v) is 6.61. The summed E-state index contributed by atoms with van der Waals surface area (Å²) in [5.41, 5.74) is 2.50. The van der Waals surface area contributed by atoms with E-state index in [1.165, 1.54) is 11.3 Å². The number of carbonyl (C=O) groups is 1. The minimum absolute atomic E-state index is 0.0789. The van der Waals surface area contributed by atoms with Crippen LogP contribution < -0.4 is 0 Å². The lowest BCUT2D eigenvalue weighted by Gasteiger charge is -2.24. The molecule has 0 N–H and O–H groups in total. The molecule has 1 saturated carbocycles. The first-order valence-electron chi connectivity index (χ1n) is 12.6. The van der Waals surface area contributed by atoms with Crippen molar-refractivity contribution in [1.29, 1.82) is 0 Å².